The highest BCUT2D eigenvalue weighted by Gasteiger charge is 2.41. The van der Waals surface area contributed by atoms with Crippen LogP contribution in [-0.2, 0) is 11.2 Å². The summed E-state index contributed by atoms with van der Waals surface area (Å²) in [4.78, 5) is 18.5. The molecule has 1 aromatic heterocycles. The minimum absolute atomic E-state index is 0.00285. The van der Waals surface area contributed by atoms with Crippen molar-refractivity contribution in [2.45, 2.75) is 44.2 Å². The Morgan fingerprint density at radius 2 is 2.32 bits per heavy atom. The number of aromatic nitrogens is 1. The van der Waals surface area contributed by atoms with Crippen LogP contribution in [0.3, 0.4) is 0 Å². The second-order valence-electron chi connectivity index (χ2n) is 7.63. The molecule has 5 heteroatoms. The van der Waals surface area contributed by atoms with E-state index in [4.69, 9.17) is 0 Å². The summed E-state index contributed by atoms with van der Waals surface area (Å²) in [5, 5.41) is 13.8. The maximum absolute atomic E-state index is 12.7. The van der Waals surface area contributed by atoms with E-state index in [0.29, 0.717) is 12.0 Å². The predicted octanol–water partition coefficient (Wildman–Crippen LogP) is 2.02. The van der Waals surface area contributed by atoms with Crippen molar-refractivity contribution in [2.75, 3.05) is 20.2 Å². The largest absolute Gasteiger partial charge is 0.394 e. The van der Waals surface area contributed by atoms with E-state index in [9.17, 15) is 9.90 Å². The van der Waals surface area contributed by atoms with E-state index >= 15 is 0 Å². The fraction of sp³-hybridized carbons (Fsp3) is 0.550. The van der Waals surface area contributed by atoms with E-state index in [1.807, 2.05) is 6.92 Å². The molecule has 4 rings (SSSR count). The lowest BCUT2D eigenvalue weighted by Gasteiger charge is -2.45. The molecule has 0 spiro atoms. The topological polar surface area (TPSA) is 68.4 Å². The number of carbonyl (C=O) groups excluding carboxylic acids is 1. The maximum atomic E-state index is 12.7. The zero-order chi connectivity index (χ0) is 17.6. The van der Waals surface area contributed by atoms with Gasteiger partial charge in [-0.2, -0.15) is 0 Å². The van der Waals surface area contributed by atoms with Crippen LogP contribution >= 0.6 is 0 Å². The van der Waals surface area contributed by atoms with Gasteiger partial charge in [-0.25, -0.2) is 0 Å². The lowest BCUT2D eigenvalue weighted by atomic mass is 9.72. The van der Waals surface area contributed by atoms with Crippen molar-refractivity contribution >= 4 is 16.8 Å². The molecule has 25 heavy (non-hydrogen) atoms. The van der Waals surface area contributed by atoms with Gasteiger partial charge in [-0.05, 0) is 43.5 Å². The van der Waals surface area contributed by atoms with Gasteiger partial charge in [0.25, 0.3) is 0 Å². The number of amides is 1. The number of carbonyl (C=O) groups is 1. The summed E-state index contributed by atoms with van der Waals surface area (Å²) in [6.45, 7) is 2.77. The van der Waals surface area contributed by atoms with Crippen LogP contribution < -0.4 is 5.32 Å². The van der Waals surface area contributed by atoms with E-state index in [1.165, 1.54) is 22.0 Å². The lowest BCUT2D eigenvalue weighted by Crippen LogP contribution is -2.52. The van der Waals surface area contributed by atoms with Crippen LogP contribution in [0.25, 0.3) is 10.9 Å². The molecule has 1 aromatic carbocycles. The predicted molar refractivity (Wildman–Crippen MR) is 98.6 cm³/mol. The van der Waals surface area contributed by atoms with Gasteiger partial charge in [0.15, 0.2) is 0 Å². The van der Waals surface area contributed by atoms with Crippen molar-refractivity contribution in [3.05, 3.63) is 35.5 Å². The smallest absolute Gasteiger partial charge is 0.224 e. The molecule has 2 heterocycles. The highest BCUT2D eigenvalue weighted by molar-refractivity contribution is 5.88. The third kappa shape index (κ3) is 2.75. The van der Waals surface area contributed by atoms with Gasteiger partial charge in [0.2, 0.25) is 5.91 Å². The molecule has 1 fully saturated rings. The Labute approximate surface area is 148 Å². The summed E-state index contributed by atoms with van der Waals surface area (Å²) in [5.41, 5.74) is 3.97. The zero-order valence-electron chi connectivity index (χ0n) is 15.0. The average Bonchev–Trinajstić information content (AvgIpc) is 3.04. The van der Waals surface area contributed by atoms with Gasteiger partial charge in [-0.15, -0.1) is 0 Å². The highest BCUT2D eigenvalue weighted by atomic mass is 16.3. The average molecular weight is 341 g/mol. The molecule has 134 valence electrons. The summed E-state index contributed by atoms with van der Waals surface area (Å²) < 4.78 is 0. The van der Waals surface area contributed by atoms with Gasteiger partial charge in [-0.3, -0.25) is 4.79 Å². The molecule has 0 radical (unpaired) electrons. The number of nitrogens with zero attached hydrogens (tertiary/aromatic N) is 1. The Bertz CT molecular complexity index is 780. The van der Waals surface area contributed by atoms with Gasteiger partial charge < -0.3 is 20.3 Å². The van der Waals surface area contributed by atoms with Crippen LogP contribution in [-0.4, -0.2) is 53.2 Å². The van der Waals surface area contributed by atoms with Crippen molar-refractivity contribution in [3.8, 4) is 0 Å². The summed E-state index contributed by atoms with van der Waals surface area (Å²) >= 11 is 0. The van der Waals surface area contributed by atoms with Crippen molar-refractivity contribution in [2.24, 2.45) is 5.92 Å². The number of fused-ring (bicyclic) bond motifs is 2. The van der Waals surface area contributed by atoms with Crippen LogP contribution in [0, 0.1) is 5.92 Å². The number of aliphatic hydroxyl groups is 1. The van der Waals surface area contributed by atoms with Gasteiger partial charge in [0.05, 0.1) is 18.6 Å². The molecule has 1 saturated heterocycles. The van der Waals surface area contributed by atoms with Crippen LogP contribution in [0.1, 0.15) is 36.8 Å². The first kappa shape index (κ1) is 16.6. The fourth-order valence-electron chi connectivity index (χ4n) is 4.73. The number of likely N-dealkylation sites (tertiary alicyclic amines) is 1. The first-order chi connectivity index (χ1) is 12.1. The molecular formula is C20H27N3O2. The van der Waals surface area contributed by atoms with E-state index in [-0.39, 0.29) is 24.5 Å². The standard InChI is InChI=1S/C20H27N3O2/c1-3-14(11-24)22-20(25)13-7-16-15-5-4-6-17-19(15)12(9-21-17)8-18(16)23(2)10-13/h4-6,9,13-14,16,18,21,24H,3,7-8,10-11H2,1-2H3,(H,22,25)/t13?,14?,16?,18-/m1/s1. The molecule has 1 amide bonds. The minimum Gasteiger partial charge on any atom is -0.394 e. The number of likely N-dealkylation sites (N-methyl/N-ethyl adjacent to an activating group) is 1. The minimum atomic E-state index is -0.137. The van der Waals surface area contributed by atoms with Crippen molar-refractivity contribution in [3.63, 3.8) is 0 Å². The zero-order valence-corrected chi connectivity index (χ0v) is 15.0. The quantitative estimate of drug-likeness (QED) is 0.797. The summed E-state index contributed by atoms with van der Waals surface area (Å²) in [6, 6.07) is 6.79. The summed E-state index contributed by atoms with van der Waals surface area (Å²) in [7, 11) is 2.14. The molecule has 0 bridgehead atoms. The Morgan fingerprint density at radius 3 is 3.08 bits per heavy atom. The number of benzene rings is 1. The van der Waals surface area contributed by atoms with Crippen molar-refractivity contribution in [1.82, 2.24) is 15.2 Å². The SMILES string of the molecule is CCC(CO)NC(=O)C1CC2c3cccc4[nH]cc(c34)C[C@H]2N(C)C1. The Morgan fingerprint density at radius 1 is 1.48 bits per heavy atom. The Hall–Kier alpha value is -1.85. The van der Waals surface area contributed by atoms with Gasteiger partial charge >= 0.3 is 0 Å². The molecule has 2 aromatic rings. The van der Waals surface area contributed by atoms with E-state index in [2.05, 4.69) is 46.6 Å². The number of hydrogen-bond acceptors (Lipinski definition) is 3. The monoisotopic (exact) mass is 341 g/mol. The number of hydrogen-bond donors (Lipinski definition) is 3. The molecule has 0 saturated carbocycles. The molecule has 3 N–H and O–H groups in total. The summed E-state index contributed by atoms with van der Waals surface area (Å²) in [6.07, 6.45) is 4.82. The second-order valence-corrected chi connectivity index (χ2v) is 7.63. The van der Waals surface area contributed by atoms with Gasteiger partial charge in [0, 0.05) is 35.6 Å². The molecule has 4 atom stereocenters. The van der Waals surface area contributed by atoms with E-state index in [1.54, 1.807) is 0 Å². The fourth-order valence-corrected chi connectivity index (χ4v) is 4.73. The molecular weight excluding hydrogens is 314 g/mol. The third-order valence-electron chi connectivity index (χ3n) is 6.16. The number of aromatic amines is 1. The number of nitrogens with one attached hydrogen (secondary N) is 2. The number of rotatable bonds is 4. The Balaban J connectivity index is 1.62. The molecule has 5 nitrogen and oxygen atoms in total. The molecule has 3 unspecified atom stereocenters. The van der Waals surface area contributed by atoms with Crippen LogP contribution in [0.4, 0.5) is 0 Å². The lowest BCUT2D eigenvalue weighted by molar-refractivity contribution is -0.128. The number of H-pyrrole nitrogens is 1. The van der Waals surface area contributed by atoms with Gasteiger partial charge in [-0.1, -0.05) is 19.1 Å². The van der Waals surface area contributed by atoms with Gasteiger partial charge in [0.1, 0.15) is 0 Å². The normalized spacial score (nSPS) is 27.1. The first-order valence-electron chi connectivity index (χ1n) is 9.32. The number of piperidine rings is 1. The Kier molecular flexibility index (Phi) is 4.29. The van der Waals surface area contributed by atoms with Crippen molar-refractivity contribution < 1.29 is 9.90 Å². The third-order valence-corrected chi connectivity index (χ3v) is 6.16. The van der Waals surface area contributed by atoms with Crippen LogP contribution in [0.2, 0.25) is 0 Å². The maximum Gasteiger partial charge on any atom is 0.224 e. The van der Waals surface area contributed by atoms with E-state index in [0.717, 1.165) is 25.8 Å². The molecule has 1 aliphatic heterocycles. The number of aliphatic hydroxyl groups excluding tert-OH is 1. The summed E-state index contributed by atoms with van der Waals surface area (Å²) in [5.74, 6) is 0.441. The molecule has 2 aliphatic rings. The molecule has 1 aliphatic carbocycles. The van der Waals surface area contributed by atoms with E-state index < -0.39 is 0 Å². The first-order valence-corrected chi connectivity index (χ1v) is 9.32. The second kappa shape index (κ2) is 6.46. The van der Waals surface area contributed by atoms with Crippen molar-refractivity contribution in [1.29, 1.82) is 0 Å². The van der Waals surface area contributed by atoms with Crippen LogP contribution in [0.15, 0.2) is 24.4 Å². The van der Waals surface area contributed by atoms with Crippen LogP contribution in [0.5, 0.6) is 0 Å². The highest BCUT2D eigenvalue weighted by Crippen LogP contribution is 2.44.